The molecule has 1 saturated carbocycles. The maximum Gasteiger partial charge on any atom is 0.246 e. The largest absolute Gasteiger partial charge is 0.366 e. The molecule has 3 nitrogen and oxygen atoms in total. The van der Waals surface area contributed by atoms with Gasteiger partial charge in [0.05, 0.1) is 12.1 Å². The minimum absolute atomic E-state index is 0.0559. The summed E-state index contributed by atoms with van der Waals surface area (Å²) in [6.07, 6.45) is -0.323. The van der Waals surface area contributed by atoms with Crippen LogP contribution < -0.4 is 5.32 Å². The molecule has 2 fully saturated rings. The van der Waals surface area contributed by atoms with Crippen LogP contribution in [-0.4, -0.2) is 30.8 Å². The highest BCUT2D eigenvalue weighted by Gasteiger charge is 2.37. The monoisotopic (exact) mass is 185 g/mol. The highest BCUT2D eigenvalue weighted by molar-refractivity contribution is 5.78. The molecule has 0 bridgehead atoms. The average Bonchev–Trinajstić information content (AvgIpc) is 2.08. The summed E-state index contributed by atoms with van der Waals surface area (Å²) in [6.45, 7) is 3.69. The van der Waals surface area contributed by atoms with Gasteiger partial charge in [0.15, 0.2) is 0 Å². The number of alkyl halides is 1. The van der Waals surface area contributed by atoms with Crippen molar-refractivity contribution >= 4 is 5.91 Å². The van der Waals surface area contributed by atoms with Crippen LogP contribution in [-0.2, 0) is 9.53 Å². The molecule has 0 aromatic rings. The minimum Gasteiger partial charge on any atom is -0.366 e. The molecule has 1 N–H and O–H groups in total. The van der Waals surface area contributed by atoms with Gasteiger partial charge in [-0.15, -0.1) is 0 Å². The van der Waals surface area contributed by atoms with Gasteiger partial charge in [0.25, 0.3) is 0 Å². The quantitative estimate of drug-likeness (QED) is 0.560. The van der Waals surface area contributed by atoms with Crippen molar-refractivity contribution in [2.45, 2.75) is 31.2 Å². The first kappa shape index (κ1) is 8.69. The Morgan fingerprint density at radius 1 is 1.62 bits per heavy atom. The first-order valence-electron chi connectivity index (χ1n) is 4.39. The van der Waals surface area contributed by atoms with Crippen LogP contribution in [0.1, 0.15) is 12.8 Å². The number of fused-ring (bicyclic) bond motifs is 1. The van der Waals surface area contributed by atoms with Gasteiger partial charge in [-0.3, -0.25) is 4.79 Å². The molecular weight excluding hydrogens is 173 g/mol. The van der Waals surface area contributed by atoms with E-state index in [-0.39, 0.29) is 24.7 Å². The number of hydrogen-bond acceptors (Lipinski definition) is 2. The summed E-state index contributed by atoms with van der Waals surface area (Å²) < 4.78 is 18.4. The Morgan fingerprint density at radius 3 is 3.15 bits per heavy atom. The number of amides is 1. The predicted octanol–water partition coefficient (Wildman–Crippen LogP) is 0.558. The van der Waals surface area contributed by atoms with E-state index in [4.69, 9.17) is 4.74 Å². The molecule has 1 aliphatic heterocycles. The Labute approximate surface area is 75.9 Å². The van der Waals surface area contributed by atoms with Gasteiger partial charge in [-0.1, -0.05) is 6.58 Å². The lowest BCUT2D eigenvalue weighted by Crippen LogP contribution is -2.54. The lowest BCUT2D eigenvalue weighted by Gasteiger charge is -2.37. The first-order valence-corrected chi connectivity index (χ1v) is 4.39. The summed E-state index contributed by atoms with van der Waals surface area (Å²) in [4.78, 5) is 10.9. The molecule has 1 aliphatic carbocycles. The smallest absolute Gasteiger partial charge is 0.246 e. The van der Waals surface area contributed by atoms with E-state index in [0.717, 1.165) is 0 Å². The molecule has 0 aromatic heterocycles. The summed E-state index contributed by atoms with van der Waals surface area (Å²) >= 11 is 0. The third-order valence-corrected chi connectivity index (χ3v) is 2.59. The van der Waals surface area contributed by atoms with Crippen molar-refractivity contribution in [2.75, 3.05) is 6.61 Å². The molecule has 3 atom stereocenters. The number of ether oxygens (including phenoxy) is 1. The summed E-state index contributed by atoms with van der Waals surface area (Å²) in [5.74, 6) is -0.119. The van der Waals surface area contributed by atoms with Crippen molar-refractivity contribution in [1.82, 2.24) is 5.32 Å². The van der Waals surface area contributed by atoms with Crippen molar-refractivity contribution in [2.24, 2.45) is 0 Å². The van der Waals surface area contributed by atoms with E-state index in [9.17, 15) is 9.18 Å². The lowest BCUT2D eigenvalue weighted by molar-refractivity contribution is -0.138. The molecule has 2 aliphatic rings. The van der Waals surface area contributed by atoms with Gasteiger partial charge in [0.1, 0.15) is 12.8 Å². The number of nitrogens with one attached hydrogen (secondary N) is 1. The molecule has 1 saturated heterocycles. The SMILES string of the molecule is C=C1CC2NC(=O)COC2CC1F. The number of hydrogen-bond donors (Lipinski definition) is 1. The number of rotatable bonds is 0. The third-order valence-electron chi connectivity index (χ3n) is 2.59. The van der Waals surface area contributed by atoms with Crippen LogP contribution in [0.15, 0.2) is 12.2 Å². The second kappa shape index (κ2) is 3.10. The fourth-order valence-electron chi connectivity index (χ4n) is 1.84. The second-order valence-electron chi connectivity index (χ2n) is 3.59. The zero-order valence-corrected chi connectivity index (χ0v) is 7.25. The van der Waals surface area contributed by atoms with Gasteiger partial charge < -0.3 is 10.1 Å². The maximum atomic E-state index is 13.2. The van der Waals surface area contributed by atoms with Crippen LogP contribution in [0.4, 0.5) is 4.39 Å². The van der Waals surface area contributed by atoms with E-state index in [1.54, 1.807) is 0 Å². The molecule has 1 heterocycles. The number of halogens is 1. The molecule has 0 radical (unpaired) electrons. The molecule has 4 heteroatoms. The summed E-state index contributed by atoms with van der Waals surface area (Å²) in [6, 6.07) is -0.0688. The molecule has 3 unspecified atom stereocenters. The van der Waals surface area contributed by atoms with Crippen LogP contribution in [0.3, 0.4) is 0 Å². The molecule has 0 aromatic carbocycles. The third kappa shape index (κ3) is 1.58. The van der Waals surface area contributed by atoms with Gasteiger partial charge in [0, 0.05) is 6.42 Å². The van der Waals surface area contributed by atoms with E-state index in [0.29, 0.717) is 18.4 Å². The van der Waals surface area contributed by atoms with E-state index >= 15 is 0 Å². The van der Waals surface area contributed by atoms with Crippen LogP contribution in [0.2, 0.25) is 0 Å². The van der Waals surface area contributed by atoms with Crippen molar-refractivity contribution < 1.29 is 13.9 Å². The Balaban J connectivity index is 2.06. The second-order valence-corrected chi connectivity index (χ2v) is 3.59. The van der Waals surface area contributed by atoms with E-state index < -0.39 is 6.17 Å². The number of morpholine rings is 1. The summed E-state index contributed by atoms with van der Waals surface area (Å²) in [5, 5.41) is 2.78. The van der Waals surface area contributed by atoms with Crippen LogP contribution in [0.5, 0.6) is 0 Å². The lowest BCUT2D eigenvalue weighted by atomic mass is 9.87. The topological polar surface area (TPSA) is 38.3 Å². The fourth-order valence-corrected chi connectivity index (χ4v) is 1.84. The van der Waals surface area contributed by atoms with Gasteiger partial charge in [-0.2, -0.15) is 0 Å². The highest BCUT2D eigenvalue weighted by Crippen LogP contribution is 2.28. The van der Waals surface area contributed by atoms with Gasteiger partial charge in [-0.05, 0) is 12.0 Å². The maximum absolute atomic E-state index is 13.2. The van der Waals surface area contributed by atoms with Gasteiger partial charge in [0.2, 0.25) is 5.91 Å². The average molecular weight is 185 g/mol. The fraction of sp³-hybridized carbons (Fsp3) is 0.667. The minimum atomic E-state index is -0.976. The molecule has 1 amide bonds. The van der Waals surface area contributed by atoms with Crippen molar-refractivity contribution in [3.63, 3.8) is 0 Å². The normalized spacial score (nSPS) is 39.6. The van der Waals surface area contributed by atoms with Crippen molar-refractivity contribution in [1.29, 1.82) is 0 Å². The van der Waals surface area contributed by atoms with Crippen molar-refractivity contribution in [3.05, 3.63) is 12.2 Å². The molecular formula is C9H12FNO2. The Morgan fingerprint density at radius 2 is 2.38 bits per heavy atom. The number of carbonyl (C=O) groups is 1. The molecule has 2 rings (SSSR count). The zero-order chi connectivity index (χ0) is 9.42. The zero-order valence-electron chi connectivity index (χ0n) is 7.25. The van der Waals surface area contributed by atoms with Gasteiger partial charge >= 0.3 is 0 Å². The van der Waals surface area contributed by atoms with E-state index in [1.807, 2.05) is 0 Å². The first-order chi connectivity index (χ1) is 6.16. The number of carbonyl (C=O) groups excluding carboxylic acids is 1. The van der Waals surface area contributed by atoms with E-state index in [2.05, 4.69) is 11.9 Å². The van der Waals surface area contributed by atoms with Crippen LogP contribution >= 0.6 is 0 Å². The Bertz CT molecular complexity index is 254. The Hall–Kier alpha value is -0.900. The summed E-state index contributed by atoms with van der Waals surface area (Å²) in [5.41, 5.74) is 0.562. The van der Waals surface area contributed by atoms with Crippen LogP contribution in [0, 0.1) is 0 Å². The standard InChI is InChI=1S/C9H12FNO2/c1-5-2-7-8(3-6(5)10)13-4-9(12)11-7/h6-8H,1-4H2,(H,11,12). The predicted molar refractivity (Wildman–Crippen MR) is 44.9 cm³/mol. The highest BCUT2D eigenvalue weighted by atomic mass is 19.1. The molecule has 13 heavy (non-hydrogen) atoms. The molecule has 72 valence electrons. The van der Waals surface area contributed by atoms with E-state index in [1.165, 1.54) is 0 Å². The van der Waals surface area contributed by atoms with Crippen LogP contribution in [0.25, 0.3) is 0 Å². The molecule has 0 spiro atoms. The summed E-state index contributed by atoms with van der Waals surface area (Å²) in [7, 11) is 0. The van der Waals surface area contributed by atoms with Crippen molar-refractivity contribution in [3.8, 4) is 0 Å². The van der Waals surface area contributed by atoms with Gasteiger partial charge in [-0.25, -0.2) is 4.39 Å². The Kier molecular flexibility index (Phi) is 2.07.